The second-order valence-corrected chi connectivity index (χ2v) is 8.81. The molecule has 0 amide bonds. The maximum absolute atomic E-state index is 13.3. The maximum atomic E-state index is 13.3. The number of allylic oxidation sites excluding steroid dienone is 1. The zero-order valence-electron chi connectivity index (χ0n) is 17.2. The van der Waals surface area contributed by atoms with Crippen LogP contribution < -0.4 is 10.2 Å². The molecule has 0 unspecified atom stereocenters. The van der Waals surface area contributed by atoms with Crippen molar-refractivity contribution in [1.82, 2.24) is 5.48 Å². The highest BCUT2D eigenvalue weighted by Crippen LogP contribution is 2.38. The van der Waals surface area contributed by atoms with Crippen LogP contribution in [0.1, 0.15) is 29.2 Å². The molecular weight excluding hydrogens is 543 g/mol. The number of hydrogen-bond donors (Lipinski definition) is 2. The summed E-state index contributed by atoms with van der Waals surface area (Å²) in [5, 5.41) is -0.0433. The fourth-order valence-electron chi connectivity index (χ4n) is 2.63. The quantitative estimate of drug-likeness (QED) is 0.293. The van der Waals surface area contributed by atoms with Gasteiger partial charge in [0.15, 0.2) is 0 Å². The van der Waals surface area contributed by atoms with Gasteiger partial charge in [0.1, 0.15) is 6.61 Å². The van der Waals surface area contributed by atoms with Crippen molar-refractivity contribution in [2.75, 3.05) is 4.72 Å². The highest BCUT2D eigenvalue weighted by Gasteiger charge is 2.46. The topological polar surface area (TPSA) is 67.4 Å². The Balaban J connectivity index is 2.31. The molecule has 0 radical (unpaired) electrons. The molecule has 0 heterocycles. The van der Waals surface area contributed by atoms with Crippen LogP contribution in [0, 0.1) is 0 Å². The Labute approximate surface area is 197 Å². The Morgan fingerprint density at radius 3 is 2.11 bits per heavy atom. The van der Waals surface area contributed by atoms with E-state index >= 15 is 0 Å². The number of halogens is 10. The molecule has 5 nitrogen and oxygen atoms in total. The third kappa shape index (κ3) is 7.18. The van der Waals surface area contributed by atoms with Crippen LogP contribution in [0.3, 0.4) is 0 Å². The second kappa shape index (κ2) is 10.1. The van der Waals surface area contributed by atoms with Gasteiger partial charge in [-0.05, 0) is 42.8 Å². The van der Waals surface area contributed by atoms with Gasteiger partial charge in [0.05, 0.1) is 22.5 Å². The zero-order valence-corrected chi connectivity index (χ0v) is 18.7. The Bertz CT molecular complexity index is 1210. The third-order valence-electron chi connectivity index (χ3n) is 4.26. The molecular formula is C19H14ClF9N2O3S. The highest BCUT2D eigenvalue weighted by molar-refractivity contribution is 7.93. The first-order chi connectivity index (χ1) is 15.9. The van der Waals surface area contributed by atoms with Gasteiger partial charge in [0.25, 0.3) is 0 Å². The second-order valence-electron chi connectivity index (χ2n) is 6.70. The zero-order chi connectivity index (χ0) is 26.8. The summed E-state index contributed by atoms with van der Waals surface area (Å²) in [6.07, 6.45) is -9.00. The monoisotopic (exact) mass is 556 g/mol. The van der Waals surface area contributed by atoms with Crippen LogP contribution in [0.5, 0.6) is 0 Å². The van der Waals surface area contributed by atoms with Crippen LogP contribution in [0.25, 0.3) is 5.70 Å². The van der Waals surface area contributed by atoms with Crippen molar-refractivity contribution in [3.8, 4) is 0 Å². The molecule has 16 heteroatoms. The lowest BCUT2D eigenvalue weighted by Gasteiger charge is -2.19. The molecule has 2 N–H and O–H groups in total. The SMILES string of the molecule is CC=C(NOCc1ccc(C(F)(F)F)cc1C(F)(F)F)c1cc(Cl)ccc1NS(=O)(=O)C(F)(F)F. The van der Waals surface area contributed by atoms with Gasteiger partial charge in [-0.3, -0.25) is 15.0 Å². The summed E-state index contributed by atoms with van der Waals surface area (Å²) in [7, 11) is -5.84. The van der Waals surface area contributed by atoms with E-state index in [1.807, 2.05) is 0 Å². The minimum atomic E-state index is -5.84. The minimum absolute atomic E-state index is 0.0433. The molecule has 0 aliphatic heterocycles. The maximum Gasteiger partial charge on any atom is 0.516 e. The number of sulfonamides is 1. The number of hydrogen-bond acceptors (Lipinski definition) is 4. The smallest absolute Gasteiger partial charge is 0.275 e. The molecule has 2 aromatic rings. The number of hydroxylamine groups is 1. The van der Waals surface area contributed by atoms with E-state index in [0.717, 1.165) is 18.2 Å². The highest BCUT2D eigenvalue weighted by atomic mass is 35.5. The summed E-state index contributed by atoms with van der Waals surface area (Å²) in [5.74, 6) is 0. The van der Waals surface area contributed by atoms with Gasteiger partial charge in [-0.2, -0.15) is 47.9 Å². The minimum Gasteiger partial charge on any atom is -0.275 e. The van der Waals surface area contributed by atoms with Crippen LogP contribution >= 0.6 is 11.6 Å². The first-order valence-corrected chi connectivity index (χ1v) is 10.9. The number of anilines is 1. The van der Waals surface area contributed by atoms with E-state index in [4.69, 9.17) is 16.4 Å². The van der Waals surface area contributed by atoms with Gasteiger partial charge in [0, 0.05) is 10.6 Å². The van der Waals surface area contributed by atoms with Gasteiger partial charge in [-0.25, -0.2) is 0 Å². The predicted molar refractivity (Wildman–Crippen MR) is 108 cm³/mol. The summed E-state index contributed by atoms with van der Waals surface area (Å²) in [5.41, 5.74) is -8.41. The molecule has 194 valence electrons. The molecule has 0 fully saturated rings. The van der Waals surface area contributed by atoms with Gasteiger partial charge < -0.3 is 0 Å². The lowest BCUT2D eigenvalue weighted by Crippen LogP contribution is -2.30. The van der Waals surface area contributed by atoms with Crippen molar-refractivity contribution in [3.05, 3.63) is 69.8 Å². The van der Waals surface area contributed by atoms with Crippen molar-refractivity contribution < 1.29 is 52.8 Å². The van der Waals surface area contributed by atoms with Crippen molar-refractivity contribution in [3.63, 3.8) is 0 Å². The van der Waals surface area contributed by atoms with E-state index in [9.17, 15) is 47.9 Å². The van der Waals surface area contributed by atoms with Crippen LogP contribution in [-0.2, 0) is 33.8 Å². The Hall–Kier alpha value is -2.65. The molecule has 0 atom stereocenters. The molecule has 0 spiro atoms. The van der Waals surface area contributed by atoms with Crippen LogP contribution in [0.15, 0.2) is 42.5 Å². The van der Waals surface area contributed by atoms with Crippen molar-refractivity contribution >= 4 is 33.0 Å². The molecule has 2 aromatic carbocycles. The molecule has 0 aliphatic rings. The lowest BCUT2D eigenvalue weighted by atomic mass is 10.0. The fraction of sp³-hybridized carbons (Fsp3) is 0.263. The summed E-state index contributed by atoms with van der Waals surface area (Å²) in [4.78, 5) is 4.94. The number of rotatable bonds is 7. The van der Waals surface area contributed by atoms with Crippen molar-refractivity contribution in [2.24, 2.45) is 0 Å². The molecule has 2 rings (SSSR count). The van der Waals surface area contributed by atoms with E-state index in [1.54, 1.807) is 0 Å². The average Bonchev–Trinajstić information content (AvgIpc) is 2.70. The molecule has 35 heavy (non-hydrogen) atoms. The Kier molecular flexibility index (Phi) is 8.29. The van der Waals surface area contributed by atoms with E-state index in [2.05, 4.69) is 5.48 Å². The summed E-state index contributed by atoms with van der Waals surface area (Å²) < 4.78 is 141. The standard InChI is InChI=1S/C19H14ClF9N2O3S/c1-2-15(13-8-12(20)5-6-16(13)31-35(32,33)19(27,28)29)30-34-9-10-3-4-11(17(21,22)23)7-14(10)18(24,25)26/h2-8,30-31H,9H2,1H3. The molecule has 0 saturated heterocycles. The van der Waals surface area contributed by atoms with E-state index in [1.165, 1.54) is 17.7 Å². The third-order valence-corrected chi connectivity index (χ3v) is 5.60. The van der Waals surface area contributed by atoms with Crippen LogP contribution in [-0.4, -0.2) is 13.9 Å². The summed E-state index contributed by atoms with van der Waals surface area (Å²) >= 11 is 5.82. The Morgan fingerprint density at radius 2 is 1.60 bits per heavy atom. The summed E-state index contributed by atoms with van der Waals surface area (Å²) in [6, 6.07) is 3.92. The molecule has 0 bridgehead atoms. The van der Waals surface area contributed by atoms with Crippen molar-refractivity contribution in [2.45, 2.75) is 31.4 Å². The van der Waals surface area contributed by atoms with Gasteiger partial charge in [-0.15, -0.1) is 0 Å². The number of alkyl halides is 9. The normalized spacial score (nSPS) is 13.6. The number of nitrogens with one attached hydrogen (secondary N) is 2. The van der Waals surface area contributed by atoms with Gasteiger partial charge in [-0.1, -0.05) is 23.7 Å². The van der Waals surface area contributed by atoms with E-state index in [-0.39, 0.29) is 22.3 Å². The van der Waals surface area contributed by atoms with E-state index < -0.39 is 56.9 Å². The molecule has 0 aliphatic carbocycles. The van der Waals surface area contributed by atoms with Crippen molar-refractivity contribution in [1.29, 1.82) is 0 Å². The van der Waals surface area contributed by atoms with Gasteiger partial charge >= 0.3 is 27.9 Å². The Morgan fingerprint density at radius 1 is 0.971 bits per heavy atom. The fourth-order valence-corrected chi connectivity index (χ4v) is 3.39. The predicted octanol–water partition coefficient (Wildman–Crippen LogP) is 6.72. The lowest BCUT2D eigenvalue weighted by molar-refractivity contribution is -0.144. The van der Waals surface area contributed by atoms with Crippen LogP contribution in [0.2, 0.25) is 5.02 Å². The van der Waals surface area contributed by atoms with E-state index in [0.29, 0.717) is 12.1 Å². The van der Waals surface area contributed by atoms with Crippen LogP contribution in [0.4, 0.5) is 45.2 Å². The average molecular weight is 557 g/mol. The number of benzene rings is 2. The first-order valence-electron chi connectivity index (χ1n) is 9.07. The molecule has 0 aromatic heterocycles. The largest absolute Gasteiger partial charge is 0.516 e. The summed E-state index contributed by atoms with van der Waals surface area (Å²) in [6.45, 7) is 0.405. The molecule has 0 saturated carbocycles. The first kappa shape index (κ1) is 28.6. The van der Waals surface area contributed by atoms with Gasteiger partial charge in [0.2, 0.25) is 0 Å².